The van der Waals surface area contributed by atoms with Gasteiger partial charge in [-0.05, 0) is 23.6 Å². The summed E-state index contributed by atoms with van der Waals surface area (Å²) < 4.78 is 0. The van der Waals surface area contributed by atoms with E-state index in [1.165, 1.54) is 16.8 Å². The lowest BCUT2D eigenvalue weighted by Gasteiger charge is -2.02. The van der Waals surface area contributed by atoms with Crippen LogP contribution in [0.4, 0.5) is 0 Å². The van der Waals surface area contributed by atoms with Crippen molar-refractivity contribution in [2.24, 2.45) is 0 Å². The number of nitrogens with one attached hydrogen (secondary N) is 1. The zero-order chi connectivity index (χ0) is 10.5. The molecular weight excluding hydrogens is 206 g/mol. The SMILES string of the molecule is ClCCc1[nH]ccc1Cc1ccccc1. The standard InChI is InChI=1S/C13H14ClN/c14-8-6-13-12(7-9-15-13)10-11-4-2-1-3-5-11/h1-5,7,9,15H,6,8,10H2. The molecule has 0 unspecified atom stereocenters. The average Bonchev–Trinajstić information content (AvgIpc) is 2.68. The van der Waals surface area contributed by atoms with E-state index in [-0.39, 0.29) is 0 Å². The summed E-state index contributed by atoms with van der Waals surface area (Å²) >= 11 is 5.75. The Morgan fingerprint density at radius 3 is 2.60 bits per heavy atom. The summed E-state index contributed by atoms with van der Waals surface area (Å²) in [7, 11) is 0. The first kappa shape index (κ1) is 10.3. The van der Waals surface area contributed by atoms with E-state index in [9.17, 15) is 0 Å². The van der Waals surface area contributed by atoms with Gasteiger partial charge in [-0.15, -0.1) is 11.6 Å². The van der Waals surface area contributed by atoms with E-state index in [0.717, 1.165) is 12.8 Å². The summed E-state index contributed by atoms with van der Waals surface area (Å²) in [4.78, 5) is 3.24. The third-order valence-corrected chi connectivity index (χ3v) is 2.70. The van der Waals surface area contributed by atoms with Crippen molar-refractivity contribution in [2.75, 3.05) is 5.88 Å². The molecule has 0 radical (unpaired) electrons. The number of aromatic nitrogens is 1. The van der Waals surface area contributed by atoms with Gasteiger partial charge in [-0.1, -0.05) is 30.3 Å². The summed E-state index contributed by atoms with van der Waals surface area (Å²) in [5, 5.41) is 0. The summed E-state index contributed by atoms with van der Waals surface area (Å²) in [6.07, 6.45) is 3.88. The van der Waals surface area contributed by atoms with E-state index in [2.05, 4.69) is 35.3 Å². The predicted molar refractivity (Wildman–Crippen MR) is 64.5 cm³/mol. The van der Waals surface area contributed by atoms with Crippen molar-refractivity contribution in [2.45, 2.75) is 12.8 Å². The third-order valence-electron chi connectivity index (χ3n) is 2.51. The molecule has 2 heteroatoms. The highest BCUT2D eigenvalue weighted by molar-refractivity contribution is 6.17. The predicted octanol–water partition coefficient (Wildman–Crippen LogP) is 3.39. The molecule has 0 atom stereocenters. The van der Waals surface area contributed by atoms with Crippen molar-refractivity contribution in [1.82, 2.24) is 4.98 Å². The van der Waals surface area contributed by atoms with Gasteiger partial charge in [0.25, 0.3) is 0 Å². The molecule has 0 aliphatic carbocycles. The van der Waals surface area contributed by atoms with Crippen LogP contribution in [0.2, 0.25) is 0 Å². The van der Waals surface area contributed by atoms with Gasteiger partial charge in [-0.25, -0.2) is 0 Å². The van der Waals surface area contributed by atoms with Crippen molar-refractivity contribution < 1.29 is 0 Å². The Bertz CT molecular complexity index is 405. The van der Waals surface area contributed by atoms with E-state index in [1.807, 2.05) is 12.3 Å². The third kappa shape index (κ3) is 2.63. The molecule has 0 aliphatic rings. The molecule has 1 aromatic carbocycles. The lowest BCUT2D eigenvalue weighted by molar-refractivity contribution is 1.02. The Morgan fingerprint density at radius 1 is 1.07 bits per heavy atom. The van der Waals surface area contributed by atoms with Gasteiger partial charge >= 0.3 is 0 Å². The Morgan fingerprint density at radius 2 is 1.87 bits per heavy atom. The van der Waals surface area contributed by atoms with Crippen LogP contribution in [-0.2, 0) is 12.8 Å². The first-order valence-corrected chi connectivity index (χ1v) is 5.68. The zero-order valence-electron chi connectivity index (χ0n) is 8.54. The Hall–Kier alpha value is -1.21. The Labute approximate surface area is 95.1 Å². The van der Waals surface area contributed by atoms with Crippen LogP contribution in [0.5, 0.6) is 0 Å². The molecule has 2 aromatic rings. The topological polar surface area (TPSA) is 15.8 Å². The number of aromatic amines is 1. The monoisotopic (exact) mass is 219 g/mol. The van der Waals surface area contributed by atoms with Crippen molar-refractivity contribution in [3.05, 3.63) is 59.4 Å². The van der Waals surface area contributed by atoms with Crippen LogP contribution in [0.3, 0.4) is 0 Å². The fourth-order valence-corrected chi connectivity index (χ4v) is 1.93. The number of halogens is 1. The first-order valence-electron chi connectivity index (χ1n) is 5.15. The van der Waals surface area contributed by atoms with Crippen LogP contribution in [0, 0.1) is 0 Å². The van der Waals surface area contributed by atoms with Gasteiger partial charge in [0.1, 0.15) is 0 Å². The molecular formula is C13H14ClN. The minimum atomic E-state index is 0.669. The molecule has 2 rings (SSSR count). The van der Waals surface area contributed by atoms with Gasteiger partial charge in [0.05, 0.1) is 0 Å². The summed E-state index contributed by atoms with van der Waals surface area (Å²) in [6, 6.07) is 12.6. The van der Waals surface area contributed by atoms with E-state index in [1.54, 1.807) is 0 Å². The van der Waals surface area contributed by atoms with Crippen LogP contribution in [0.25, 0.3) is 0 Å². The molecule has 0 spiro atoms. The quantitative estimate of drug-likeness (QED) is 0.759. The number of hydrogen-bond donors (Lipinski definition) is 1. The fourth-order valence-electron chi connectivity index (χ4n) is 1.74. The van der Waals surface area contributed by atoms with Crippen molar-refractivity contribution in [3.8, 4) is 0 Å². The zero-order valence-corrected chi connectivity index (χ0v) is 9.30. The maximum atomic E-state index is 5.75. The van der Waals surface area contributed by atoms with Gasteiger partial charge in [-0.2, -0.15) is 0 Å². The lowest BCUT2D eigenvalue weighted by Crippen LogP contribution is -1.94. The van der Waals surface area contributed by atoms with Crippen molar-refractivity contribution >= 4 is 11.6 Å². The largest absolute Gasteiger partial charge is 0.365 e. The van der Waals surface area contributed by atoms with E-state index >= 15 is 0 Å². The molecule has 0 fully saturated rings. The normalized spacial score (nSPS) is 10.5. The molecule has 0 aliphatic heterocycles. The number of benzene rings is 1. The number of alkyl halides is 1. The maximum Gasteiger partial charge on any atom is 0.0278 e. The molecule has 1 N–H and O–H groups in total. The second-order valence-electron chi connectivity index (χ2n) is 3.58. The second kappa shape index (κ2) is 5.04. The minimum Gasteiger partial charge on any atom is -0.365 e. The molecule has 1 nitrogen and oxygen atoms in total. The molecule has 0 saturated heterocycles. The Kier molecular flexibility index (Phi) is 3.46. The fraction of sp³-hybridized carbons (Fsp3) is 0.231. The molecule has 78 valence electrons. The summed E-state index contributed by atoms with van der Waals surface area (Å²) in [5.74, 6) is 0.669. The summed E-state index contributed by atoms with van der Waals surface area (Å²) in [5.41, 5.74) is 3.95. The Balaban J connectivity index is 2.14. The number of rotatable bonds is 4. The van der Waals surface area contributed by atoms with Crippen LogP contribution >= 0.6 is 11.6 Å². The van der Waals surface area contributed by atoms with Gasteiger partial charge in [0.2, 0.25) is 0 Å². The van der Waals surface area contributed by atoms with E-state index in [4.69, 9.17) is 11.6 Å². The highest BCUT2D eigenvalue weighted by Gasteiger charge is 2.03. The number of H-pyrrole nitrogens is 1. The van der Waals surface area contributed by atoms with Crippen LogP contribution in [0.1, 0.15) is 16.8 Å². The van der Waals surface area contributed by atoms with Crippen LogP contribution < -0.4 is 0 Å². The highest BCUT2D eigenvalue weighted by Crippen LogP contribution is 2.14. The van der Waals surface area contributed by atoms with Gasteiger partial charge in [0, 0.05) is 24.2 Å². The van der Waals surface area contributed by atoms with Crippen LogP contribution in [-0.4, -0.2) is 10.9 Å². The van der Waals surface area contributed by atoms with E-state index in [0.29, 0.717) is 5.88 Å². The second-order valence-corrected chi connectivity index (χ2v) is 3.96. The molecule has 1 aromatic heterocycles. The lowest BCUT2D eigenvalue weighted by atomic mass is 10.0. The van der Waals surface area contributed by atoms with Crippen molar-refractivity contribution in [3.63, 3.8) is 0 Å². The van der Waals surface area contributed by atoms with E-state index < -0.39 is 0 Å². The molecule has 0 bridgehead atoms. The molecule has 1 heterocycles. The molecule has 15 heavy (non-hydrogen) atoms. The average molecular weight is 220 g/mol. The molecule has 0 amide bonds. The van der Waals surface area contributed by atoms with Crippen LogP contribution in [0.15, 0.2) is 42.6 Å². The van der Waals surface area contributed by atoms with Gasteiger partial charge in [-0.3, -0.25) is 0 Å². The molecule has 0 saturated carbocycles. The number of hydrogen-bond acceptors (Lipinski definition) is 0. The minimum absolute atomic E-state index is 0.669. The number of aryl methyl sites for hydroxylation is 1. The smallest absolute Gasteiger partial charge is 0.0278 e. The maximum absolute atomic E-state index is 5.75. The first-order chi connectivity index (χ1) is 7.40. The summed E-state index contributed by atoms with van der Waals surface area (Å²) in [6.45, 7) is 0. The highest BCUT2D eigenvalue weighted by atomic mass is 35.5. The van der Waals surface area contributed by atoms with Gasteiger partial charge < -0.3 is 4.98 Å². The van der Waals surface area contributed by atoms with Crippen molar-refractivity contribution in [1.29, 1.82) is 0 Å². The van der Waals surface area contributed by atoms with Gasteiger partial charge in [0.15, 0.2) is 0 Å².